The van der Waals surface area contributed by atoms with Gasteiger partial charge in [-0.25, -0.2) is 0 Å². The van der Waals surface area contributed by atoms with E-state index in [-0.39, 0.29) is 18.0 Å². The Kier molecular flexibility index (Phi) is 9.87. The second-order valence-corrected chi connectivity index (χ2v) is 6.13. The van der Waals surface area contributed by atoms with Crippen molar-refractivity contribution in [1.82, 2.24) is 0 Å². The van der Waals surface area contributed by atoms with E-state index in [9.17, 15) is 9.59 Å². The molecule has 3 aliphatic rings. The average Bonchev–Trinajstić information content (AvgIpc) is 3.41. The number of hydrogen-bond acceptors (Lipinski definition) is 5. The van der Waals surface area contributed by atoms with E-state index in [1.807, 2.05) is 0 Å². The molecule has 128 valence electrons. The van der Waals surface area contributed by atoms with Crippen LogP contribution in [0.25, 0.3) is 0 Å². The van der Waals surface area contributed by atoms with E-state index >= 15 is 0 Å². The molecule has 0 radical (unpaired) electrons. The normalized spacial score (nSPS) is 22.2. The Hall–Kier alpha value is -1.10. The smallest absolute Gasteiger partial charge is 0.302 e. The fourth-order valence-corrected chi connectivity index (χ4v) is 1.95. The molecule has 0 bridgehead atoms. The van der Waals surface area contributed by atoms with Crippen molar-refractivity contribution in [3.8, 4) is 0 Å². The van der Waals surface area contributed by atoms with Gasteiger partial charge in [-0.15, -0.1) is 0 Å². The summed E-state index contributed by atoms with van der Waals surface area (Å²) < 4.78 is 14.1. The van der Waals surface area contributed by atoms with Gasteiger partial charge in [0.05, 0.1) is 13.2 Å². The molecule has 1 saturated heterocycles. The molecular weight excluding hydrogens is 284 g/mol. The molecular formula is C17H30O5. The lowest BCUT2D eigenvalue weighted by atomic mass is 10.0. The molecule has 3 rings (SSSR count). The molecule has 0 amide bonds. The van der Waals surface area contributed by atoms with Gasteiger partial charge in [0.25, 0.3) is 0 Å². The number of epoxide rings is 1. The number of hydrogen-bond donors (Lipinski definition) is 0. The molecule has 5 heteroatoms. The van der Waals surface area contributed by atoms with Crippen LogP contribution < -0.4 is 0 Å². The largest absolute Gasteiger partial charge is 0.466 e. The summed E-state index contributed by atoms with van der Waals surface area (Å²) in [5, 5.41) is 0. The third-order valence-corrected chi connectivity index (χ3v) is 3.59. The maximum Gasteiger partial charge on any atom is 0.302 e. The number of carbonyl (C=O) groups is 2. The topological polar surface area (TPSA) is 65.1 Å². The maximum atomic E-state index is 10.2. The second kappa shape index (κ2) is 11.5. The van der Waals surface area contributed by atoms with E-state index in [1.165, 1.54) is 65.2 Å². The zero-order valence-corrected chi connectivity index (χ0v) is 14.0. The van der Waals surface area contributed by atoms with Crippen LogP contribution >= 0.6 is 0 Å². The molecule has 2 saturated carbocycles. The average molecular weight is 314 g/mol. The van der Waals surface area contributed by atoms with E-state index in [0.717, 1.165) is 6.61 Å². The molecule has 1 unspecified atom stereocenters. The first-order valence-electron chi connectivity index (χ1n) is 8.46. The van der Waals surface area contributed by atoms with Crippen molar-refractivity contribution in [2.75, 3.05) is 19.8 Å². The van der Waals surface area contributed by atoms with Crippen molar-refractivity contribution < 1.29 is 23.8 Å². The standard InChI is InChI=1S/C6H10O2.C6H12.C5H8O3/c1-5(7)8-4-6-2-3-6;1-2-4-6-5-3-1;1-4(6)7-2-5-3-8-5/h6H,2-4H2,1H3;1-6H2;5H,2-3H2,1H3. The second-order valence-electron chi connectivity index (χ2n) is 6.13. The third-order valence-electron chi connectivity index (χ3n) is 3.59. The first-order chi connectivity index (χ1) is 10.6. The fraction of sp³-hybridized carbons (Fsp3) is 0.882. The number of ether oxygens (including phenoxy) is 3. The first kappa shape index (κ1) is 18.9. The lowest BCUT2D eigenvalue weighted by Crippen LogP contribution is -2.05. The van der Waals surface area contributed by atoms with Crippen LogP contribution in [0.5, 0.6) is 0 Å². The van der Waals surface area contributed by atoms with Gasteiger partial charge in [-0.05, 0) is 18.8 Å². The molecule has 0 aromatic heterocycles. The Morgan fingerprint density at radius 1 is 0.864 bits per heavy atom. The highest BCUT2D eigenvalue weighted by atomic mass is 16.6. The number of carbonyl (C=O) groups excluding carboxylic acids is 2. The van der Waals surface area contributed by atoms with Gasteiger partial charge >= 0.3 is 11.9 Å². The Morgan fingerprint density at radius 2 is 1.27 bits per heavy atom. The van der Waals surface area contributed by atoms with E-state index in [2.05, 4.69) is 4.74 Å². The highest BCUT2D eigenvalue weighted by Gasteiger charge is 2.23. The van der Waals surface area contributed by atoms with Gasteiger partial charge in [0.2, 0.25) is 0 Å². The van der Waals surface area contributed by atoms with Gasteiger partial charge in [0, 0.05) is 13.8 Å². The minimum absolute atomic E-state index is 0.156. The fourth-order valence-electron chi connectivity index (χ4n) is 1.95. The minimum atomic E-state index is -0.236. The molecule has 3 fully saturated rings. The van der Waals surface area contributed by atoms with Crippen molar-refractivity contribution in [3.05, 3.63) is 0 Å². The van der Waals surface area contributed by atoms with Gasteiger partial charge in [0.1, 0.15) is 12.7 Å². The van der Waals surface area contributed by atoms with Crippen molar-refractivity contribution in [2.45, 2.75) is 71.3 Å². The molecule has 1 atom stereocenters. The lowest BCUT2D eigenvalue weighted by molar-refractivity contribution is -0.142. The molecule has 0 aromatic rings. The van der Waals surface area contributed by atoms with Crippen LogP contribution in [0.15, 0.2) is 0 Å². The van der Waals surface area contributed by atoms with Crippen molar-refractivity contribution in [3.63, 3.8) is 0 Å². The zero-order chi connectivity index (χ0) is 16.2. The van der Waals surface area contributed by atoms with Crippen LogP contribution in [-0.2, 0) is 23.8 Å². The SMILES string of the molecule is C1CCCCC1.CC(=O)OCC1CC1.CC(=O)OCC1CO1. The van der Waals surface area contributed by atoms with Crippen LogP contribution in [0.2, 0.25) is 0 Å². The summed E-state index contributed by atoms with van der Waals surface area (Å²) in [4.78, 5) is 20.3. The number of rotatable bonds is 4. The third kappa shape index (κ3) is 13.9. The van der Waals surface area contributed by atoms with Crippen LogP contribution in [0.1, 0.15) is 65.2 Å². The summed E-state index contributed by atoms with van der Waals surface area (Å²) >= 11 is 0. The highest BCUT2D eigenvalue weighted by Crippen LogP contribution is 2.28. The summed E-state index contributed by atoms with van der Waals surface area (Å²) in [6.45, 7) is 4.66. The lowest BCUT2D eigenvalue weighted by Gasteiger charge is -2.05. The molecule has 1 aliphatic heterocycles. The highest BCUT2D eigenvalue weighted by molar-refractivity contribution is 5.66. The van der Waals surface area contributed by atoms with Crippen molar-refractivity contribution in [1.29, 1.82) is 0 Å². The Bertz CT molecular complexity index is 280. The van der Waals surface area contributed by atoms with Crippen LogP contribution in [0.4, 0.5) is 0 Å². The quantitative estimate of drug-likeness (QED) is 0.588. The minimum Gasteiger partial charge on any atom is -0.466 e. The predicted octanol–water partition coefficient (Wildman–Crippen LogP) is 3.25. The molecule has 0 spiro atoms. The summed E-state index contributed by atoms with van der Waals surface area (Å²) in [5.74, 6) is 0.302. The van der Waals surface area contributed by atoms with E-state index in [4.69, 9.17) is 9.47 Å². The molecule has 1 heterocycles. The summed E-state index contributed by atoms with van der Waals surface area (Å²) in [6.07, 6.45) is 11.7. The maximum absolute atomic E-state index is 10.2. The zero-order valence-electron chi connectivity index (χ0n) is 14.0. The van der Waals surface area contributed by atoms with Crippen molar-refractivity contribution in [2.24, 2.45) is 5.92 Å². The number of esters is 2. The van der Waals surface area contributed by atoms with E-state index < -0.39 is 0 Å². The molecule has 5 nitrogen and oxygen atoms in total. The van der Waals surface area contributed by atoms with E-state index in [1.54, 1.807) is 0 Å². The first-order valence-corrected chi connectivity index (χ1v) is 8.46. The Morgan fingerprint density at radius 3 is 1.59 bits per heavy atom. The van der Waals surface area contributed by atoms with Gasteiger partial charge in [-0.2, -0.15) is 0 Å². The van der Waals surface area contributed by atoms with Gasteiger partial charge in [0.15, 0.2) is 0 Å². The Balaban J connectivity index is 0.000000167. The molecule has 0 N–H and O–H groups in total. The van der Waals surface area contributed by atoms with Gasteiger partial charge < -0.3 is 14.2 Å². The molecule has 22 heavy (non-hydrogen) atoms. The van der Waals surface area contributed by atoms with Gasteiger partial charge in [-0.3, -0.25) is 9.59 Å². The van der Waals surface area contributed by atoms with Crippen molar-refractivity contribution >= 4 is 11.9 Å². The van der Waals surface area contributed by atoms with E-state index in [0.29, 0.717) is 19.1 Å². The van der Waals surface area contributed by atoms with Gasteiger partial charge in [-0.1, -0.05) is 38.5 Å². The predicted molar refractivity (Wildman–Crippen MR) is 83.4 cm³/mol. The summed E-state index contributed by atoms with van der Waals surface area (Å²) in [7, 11) is 0. The summed E-state index contributed by atoms with van der Waals surface area (Å²) in [5.41, 5.74) is 0. The molecule has 2 aliphatic carbocycles. The Labute approximate surface area is 133 Å². The van der Waals surface area contributed by atoms with Crippen LogP contribution in [0.3, 0.4) is 0 Å². The van der Waals surface area contributed by atoms with Crippen LogP contribution in [0, 0.1) is 5.92 Å². The monoisotopic (exact) mass is 314 g/mol. The summed E-state index contributed by atoms with van der Waals surface area (Å²) in [6, 6.07) is 0. The van der Waals surface area contributed by atoms with Crippen LogP contribution in [-0.4, -0.2) is 37.9 Å². The molecule has 0 aromatic carbocycles.